The van der Waals surface area contributed by atoms with Crippen molar-refractivity contribution in [2.45, 2.75) is 37.6 Å². The van der Waals surface area contributed by atoms with E-state index in [9.17, 15) is 14.4 Å². The molecule has 0 aromatic heterocycles. The van der Waals surface area contributed by atoms with Crippen molar-refractivity contribution in [2.75, 3.05) is 19.8 Å². The van der Waals surface area contributed by atoms with Crippen molar-refractivity contribution >= 4 is 18.0 Å². The lowest BCUT2D eigenvalue weighted by atomic mass is 9.81. The van der Waals surface area contributed by atoms with E-state index in [1.807, 2.05) is 24.3 Å². The van der Waals surface area contributed by atoms with E-state index in [1.165, 1.54) is 11.1 Å². The van der Waals surface area contributed by atoms with E-state index < -0.39 is 24.7 Å². The molecule has 8 heteroatoms. The normalized spacial score (nSPS) is 20.0. The minimum atomic E-state index is -1.30. The number of ether oxygens (including phenoxy) is 1. The van der Waals surface area contributed by atoms with E-state index in [-0.39, 0.29) is 30.3 Å². The molecule has 3 unspecified atom stereocenters. The second-order valence-electron chi connectivity index (χ2n) is 9.02. The molecule has 34 heavy (non-hydrogen) atoms. The molecule has 180 valence electrons. The summed E-state index contributed by atoms with van der Waals surface area (Å²) < 4.78 is 5.58. The zero-order chi connectivity index (χ0) is 24.1. The average Bonchev–Trinajstić information content (AvgIpc) is 3.18. The highest BCUT2D eigenvalue weighted by Gasteiger charge is 2.31. The third kappa shape index (κ3) is 5.22. The van der Waals surface area contributed by atoms with Gasteiger partial charge in [-0.15, -0.1) is 0 Å². The molecule has 2 aliphatic carbocycles. The van der Waals surface area contributed by atoms with Gasteiger partial charge in [-0.2, -0.15) is 0 Å². The van der Waals surface area contributed by atoms with E-state index in [1.54, 1.807) is 0 Å². The van der Waals surface area contributed by atoms with E-state index in [0.29, 0.717) is 19.4 Å². The molecule has 0 aliphatic heterocycles. The Balaban J connectivity index is 1.27. The van der Waals surface area contributed by atoms with Gasteiger partial charge < -0.3 is 25.6 Å². The van der Waals surface area contributed by atoms with Crippen molar-refractivity contribution in [3.8, 4) is 11.1 Å². The van der Waals surface area contributed by atoms with Crippen molar-refractivity contribution in [3.63, 3.8) is 0 Å². The number of carbonyl (C=O) groups is 3. The maximum atomic E-state index is 12.4. The van der Waals surface area contributed by atoms with E-state index >= 15 is 0 Å². The first-order valence-electron chi connectivity index (χ1n) is 11.7. The zero-order valence-corrected chi connectivity index (χ0v) is 18.9. The van der Waals surface area contributed by atoms with Crippen molar-refractivity contribution in [3.05, 3.63) is 59.7 Å². The molecule has 1 fully saturated rings. The lowest BCUT2D eigenvalue weighted by Crippen LogP contribution is -2.47. The minimum Gasteiger partial charge on any atom is -0.480 e. The van der Waals surface area contributed by atoms with Gasteiger partial charge in [-0.25, -0.2) is 9.59 Å². The number of alkyl carbamates (subject to hydrolysis) is 1. The molecular weight excluding hydrogens is 436 g/mol. The second-order valence-corrected chi connectivity index (χ2v) is 9.02. The fraction of sp³-hybridized carbons (Fsp3) is 0.423. The fourth-order valence-corrected chi connectivity index (χ4v) is 5.07. The number of aliphatic hydroxyl groups excluding tert-OH is 1. The SMILES string of the molecule is O=C(NCC1CCCC(C(=O)NC(CO)C(=O)O)C1)OCC1c2ccccc2-c2ccccc21. The largest absolute Gasteiger partial charge is 0.480 e. The molecule has 0 spiro atoms. The van der Waals surface area contributed by atoms with Crippen molar-refractivity contribution in [1.29, 1.82) is 0 Å². The molecule has 0 heterocycles. The molecule has 4 N–H and O–H groups in total. The van der Waals surface area contributed by atoms with Crippen LogP contribution in [0, 0.1) is 11.8 Å². The summed E-state index contributed by atoms with van der Waals surface area (Å²) in [4.78, 5) is 35.9. The van der Waals surface area contributed by atoms with Crippen LogP contribution in [-0.2, 0) is 14.3 Å². The quantitative estimate of drug-likeness (QED) is 0.474. The van der Waals surface area contributed by atoms with Crippen molar-refractivity contribution in [2.24, 2.45) is 11.8 Å². The van der Waals surface area contributed by atoms with Gasteiger partial charge in [0.2, 0.25) is 5.91 Å². The number of nitrogens with one attached hydrogen (secondary N) is 2. The van der Waals surface area contributed by atoms with Crippen LogP contribution in [0.2, 0.25) is 0 Å². The predicted molar refractivity (Wildman–Crippen MR) is 125 cm³/mol. The number of benzene rings is 2. The second kappa shape index (κ2) is 10.7. The zero-order valence-electron chi connectivity index (χ0n) is 18.9. The number of hydrogen-bond donors (Lipinski definition) is 4. The first kappa shape index (κ1) is 23.8. The van der Waals surface area contributed by atoms with Crippen molar-refractivity contribution < 1.29 is 29.3 Å². The summed E-state index contributed by atoms with van der Waals surface area (Å²) in [7, 11) is 0. The minimum absolute atomic E-state index is 0.00499. The highest BCUT2D eigenvalue weighted by atomic mass is 16.5. The summed E-state index contributed by atoms with van der Waals surface area (Å²) in [5.41, 5.74) is 4.65. The average molecular weight is 467 g/mol. The van der Waals surface area contributed by atoms with Gasteiger partial charge in [0.25, 0.3) is 0 Å². The number of aliphatic carboxylic acids is 1. The van der Waals surface area contributed by atoms with Gasteiger partial charge in [-0.1, -0.05) is 55.0 Å². The molecule has 0 saturated heterocycles. The van der Waals surface area contributed by atoms with Gasteiger partial charge in [-0.3, -0.25) is 4.79 Å². The van der Waals surface area contributed by atoms with Crippen LogP contribution in [-0.4, -0.2) is 54.0 Å². The molecule has 2 aromatic carbocycles. The van der Waals surface area contributed by atoms with Gasteiger partial charge in [0.05, 0.1) is 6.61 Å². The lowest BCUT2D eigenvalue weighted by molar-refractivity contribution is -0.143. The summed E-state index contributed by atoms with van der Waals surface area (Å²) >= 11 is 0. The Morgan fingerprint density at radius 2 is 1.65 bits per heavy atom. The monoisotopic (exact) mass is 466 g/mol. The number of rotatable bonds is 8. The van der Waals surface area contributed by atoms with E-state index in [0.717, 1.165) is 24.0 Å². The molecule has 8 nitrogen and oxygen atoms in total. The van der Waals surface area contributed by atoms with Crippen LogP contribution in [0.15, 0.2) is 48.5 Å². The Morgan fingerprint density at radius 3 is 2.26 bits per heavy atom. The number of aliphatic hydroxyl groups is 1. The molecule has 2 aliphatic rings. The molecule has 2 aromatic rings. The van der Waals surface area contributed by atoms with E-state index in [4.69, 9.17) is 14.9 Å². The summed E-state index contributed by atoms with van der Waals surface area (Å²) in [6.45, 7) is -0.0172. The van der Waals surface area contributed by atoms with Crippen LogP contribution in [0.5, 0.6) is 0 Å². The van der Waals surface area contributed by atoms with Crippen LogP contribution in [0.4, 0.5) is 4.79 Å². The maximum absolute atomic E-state index is 12.4. The Labute approximate surface area is 198 Å². The number of carboxylic acid groups (broad SMARTS) is 1. The maximum Gasteiger partial charge on any atom is 0.407 e. The number of carbonyl (C=O) groups excluding carboxylic acids is 2. The topological polar surface area (TPSA) is 125 Å². The molecule has 4 rings (SSSR count). The van der Waals surface area contributed by atoms with Gasteiger partial charge in [0.15, 0.2) is 0 Å². The van der Waals surface area contributed by atoms with Crippen LogP contribution >= 0.6 is 0 Å². The Hall–Kier alpha value is -3.39. The summed E-state index contributed by atoms with van der Waals surface area (Å²) in [5.74, 6) is -1.87. The Kier molecular flexibility index (Phi) is 7.47. The number of amides is 2. The van der Waals surface area contributed by atoms with Gasteiger partial charge in [0, 0.05) is 18.4 Å². The molecule has 2 amide bonds. The number of hydrogen-bond acceptors (Lipinski definition) is 5. The van der Waals surface area contributed by atoms with Crippen molar-refractivity contribution in [1.82, 2.24) is 10.6 Å². The number of carboxylic acids is 1. The smallest absolute Gasteiger partial charge is 0.407 e. The molecule has 0 radical (unpaired) electrons. The van der Waals surface area contributed by atoms with Gasteiger partial charge in [-0.05, 0) is 47.4 Å². The van der Waals surface area contributed by atoms with Gasteiger partial charge in [0.1, 0.15) is 12.6 Å². The third-order valence-corrected chi connectivity index (χ3v) is 6.83. The highest BCUT2D eigenvalue weighted by molar-refractivity contribution is 5.85. The molecular formula is C26H30N2O6. The standard InChI is InChI=1S/C26H30N2O6/c29-14-23(25(31)32)28-24(30)17-7-5-6-16(12-17)13-27-26(33)34-15-22-20-10-3-1-8-18(20)19-9-2-4-11-21(19)22/h1-4,8-11,16-17,22-23,29H,5-7,12-15H2,(H,27,33)(H,28,30)(H,31,32). The van der Waals surface area contributed by atoms with Crippen LogP contribution in [0.25, 0.3) is 11.1 Å². The molecule has 0 bridgehead atoms. The summed E-state index contributed by atoms with van der Waals surface area (Å²) in [6, 6.07) is 15.0. The van der Waals surface area contributed by atoms with Gasteiger partial charge >= 0.3 is 12.1 Å². The summed E-state index contributed by atoms with van der Waals surface area (Å²) in [5, 5.41) is 23.4. The van der Waals surface area contributed by atoms with Crippen LogP contribution < -0.4 is 10.6 Å². The summed E-state index contributed by atoms with van der Waals surface area (Å²) in [6.07, 6.45) is 2.40. The molecule has 3 atom stereocenters. The molecule has 1 saturated carbocycles. The first-order chi connectivity index (χ1) is 16.5. The predicted octanol–water partition coefficient (Wildman–Crippen LogP) is 2.89. The highest BCUT2D eigenvalue weighted by Crippen LogP contribution is 2.44. The van der Waals surface area contributed by atoms with Crippen LogP contribution in [0.1, 0.15) is 42.7 Å². The van der Waals surface area contributed by atoms with E-state index in [2.05, 4.69) is 34.9 Å². The number of fused-ring (bicyclic) bond motifs is 3. The van der Waals surface area contributed by atoms with Crippen LogP contribution in [0.3, 0.4) is 0 Å². The Morgan fingerprint density at radius 1 is 1.00 bits per heavy atom. The Bertz CT molecular complexity index is 1010. The third-order valence-electron chi connectivity index (χ3n) is 6.83. The lowest BCUT2D eigenvalue weighted by Gasteiger charge is -2.29. The fourth-order valence-electron chi connectivity index (χ4n) is 5.07. The first-order valence-corrected chi connectivity index (χ1v) is 11.7.